The summed E-state index contributed by atoms with van der Waals surface area (Å²) in [6.07, 6.45) is 0. The first-order valence-electron chi connectivity index (χ1n) is 7.58. The summed E-state index contributed by atoms with van der Waals surface area (Å²) in [6, 6.07) is 8.58. The molecule has 2 rings (SSSR count). The summed E-state index contributed by atoms with van der Waals surface area (Å²) in [4.78, 5) is 13.1. The smallest absolute Gasteiger partial charge is 0.194 e. The maximum Gasteiger partial charge on any atom is 0.194 e. The Labute approximate surface area is 165 Å². The zero-order chi connectivity index (χ0) is 16.8. The summed E-state index contributed by atoms with van der Waals surface area (Å²) in [5.41, 5.74) is 3.58. The van der Waals surface area contributed by atoms with Gasteiger partial charge in [-0.2, -0.15) is 0 Å². The molecule has 0 spiro atoms. The molecule has 5 nitrogen and oxygen atoms in total. The van der Waals surface area contributed by atoms with Crippen LogP contribution in [0.1, 0.15) is 16.8 Å². The molecule has 0 aliphatic rings. The van der Waals surface area contributed by atoms with Crippen molar-refractivity contribution in [2.24, 2.45) is 4.99 Å². The van der Waals surface area contributed by atoms with Gasteiger partial charge >= 0.3 is 0 Å². The van der Waals surface area contributed by atoms with Crippen LogP contribution in [0, 0.1) is 6.92 Å². The Hall–Kier alpha value is -1.35. The number of aliphatic imine (C=N–C) groups is 1. The van der Waals surface area contributed by atoms with E-state index in [1.165, 1.54) is 11.1 Å². The van der Waals surface area contributed by atoms with Gasteiger partial charge in [0.05, 0.1) is 12.2 Å². The fraction of sp³-hybridized carbons (Fsp3) is 0.412. The lowest BCUT2D eigenvalue weighted by Gasteiger charge is -2.22. The van der Waals surface area contributed by atoms with Gasteiger partial charge in [0.1, 0.15) is 0 Å². The van der Waals surface area contributed by atoms with Gasteiger partial charge in [-0.1, -0.05) is 29.8 Å². The van der Waals surface area contributed by atoms with E-state index in [9.17, 15) is 0 Å². The van der Waals surface area contributed by atoms with Crippen LogP contribution in [0.3, 0.4) is 0 Å². The zero-order valence-corrected chi connectivity index (χ0v) is 18.1. The second-order valence-electron chi connectivity index (χ2n) is 5.76. The topological polar surface area (TPSA) is 43.8 Å². The van der Waals surface area contributed by atoms with Crippen molar-refractivity contribution in [3.63, 3.8) is 0 Å². The molecule has 0 unspecified atom stereocenters. The van der Waals surface area contributed by atoms with Gasteiger partial charge in [-0.05, 0) is 12.5 Å². The molecular formula is C17H26IN5S. The van der Waals surface area contributed by atoms with Crippen LogP contribution in [0.15, 0.2) is 34.6 Å². The minimum Gasteiger partial charge on any atom is -0.354 e. The lowest BCUT2D eigenvalue weighted by Crippen LogP contribution is -2.38. The molecule has 0 atom stereocenters. The van der Waals surface area contributed by atoms with E-state index < -0.39 is 0 Å². The number of guanidine groups is 1. The highest BCUT2D eigenvalue weighted by Crippen LogP contribution is 2.17. The third-order valence-electron chi connectivity index (χ3n) is 3.46. The van der Waals surface area contributed by atoms with Gasteiger partial charge < -0.3 is 15.1 Å². The molecule has 1 aromatic carbocycles. The highest BCUT2D eigenvalue weighted by molar-refractivity contribution is 14.0. The number of hydrogen-bond acceptors (Lipinski definition) is 4. The fourth-order valence-corrected chi connectivity index (χ4v) is 2.94. The average Bonchev–Trinajstić information content (AvgIpc) is 2.99. The van der Waals surface area contributed by atoms with E-state index in [-0.39, 0.29) is 24.0 Å². The highest BCUT2D eigenvalue weighted by Gasteiger charge is 2.08. The Morgan fingerprint density at radius 3 is 2.42 bits per heavy atom. The number of aryl methyl sites for hydroxylation is 1. The summed E-state index contributed by atoms with van der Waals surface area (Å²) < 4.78 is 0. The van der Waals surface area contributed by atoms with E-state index >= 15 is 0 Å². The molecule has 0 saturated heterocycles. The Morgan fingerprint density at radius 1 is 1.21 bits per heavy atom. The molecule has 1 heterocycles. The van der Waals surface area contributed by atoms with Crippen molar-refractivity contribution in [3.8, 4) is 0 Å². The van der Waals surface area contributed by atoms with Gasteiger partial charge in [0.15, 0.2) is 11.1 Å². The summed E-state index contributed by atoms with van der Waals surface area (Å²) in [6.45, 7) is 3.60. The maximum atomic E-state index is 4.58. The van der Waals surface area contributed by atoms with E-state index in [0.29, 0.717) is 6.54 Å². The van der Waals surface area contributed by atoms with Crippen LogP contribution in [0.25, 0.3) is 0 Å². The SMILES string of the molecule is CN=C(NCc1csc(N(C)C)n1)N(C)Cc1ccc(C)cc1.I. The van der Waals surface area contributed by atoms with E-state index in [1.807, 2.05) is 26.0 Å². The largest absolute Gasteiger partial charge is 0.354 e. The first kappa shape index (κ1) is 20.7. The molecule has 2 aromatic rings. The molecule has 1 aromatic heterocycles. The maximum absolute atomic E-state index is 4.58. The van der Waals surface area contributed by atoms with Gasteiger partial charge in [0, 0.05) is 40.1 Å². The van der Waals surface area contributed by atoms with Crippen LogP contribution in [-0.4, -0.2) is 44.0 Å². The van der Waals surface area contributed by atoms with Crippen LogP contribution < -0.4 is 10.2 Å². The van der Waals surface area contributed by atoms with Gasteiger partial charge in [-0.15, -0.1) is 35.3 Å². The molecule has 0 amide bonds. The van der Waals surface area contributed by atoms with Crippen LogP contribution in [0.4, 0.5) is 5.13 Å². The van der Waals surface area contributed by atoms with E-state index in [1.54, 1.807) is 18.4 Å². The van der Waals surface area contributed by atoms with Crippen LogP contribution in [0.2, 0.25) is 0 Å². The van der Waals surface area contributed by atoms with Crippen molar-refractivity contribution < 1.29 is 0 Å². The van der Waals surface area contributed by atoms with Crippen molar-refractivity contribution in [2.75, 3.05) is 33.1 Å². The number of thiazole rings is 1. The van der Waals surface area contributed by atoms with E-state index in [0.717, 1.165) is 23.3 Å². The molecular weight excluding hydrogens is 433 g/mol. The third kappa shape index (κ3) is 5.94. The molecule has 0 aliphatic heterocycles. The number of halogens is 1. The fourth-order valence-electron chi connectivity index (χ4n) is 2.18. The molecule has 24 heavy (non-hydrogen) atoms. The predicted octanol–water partition coefficient (Wildman–Crippen LogP) is 3.34. The summed E-state index contributed by atoms with van der Waals surface area (Å²) >= 11 is 1.65. The Morgan fingerprint density at radius 2 is 1.88 bits per heavy atom. The molecule has 0 fully saturated rings. The molecule has 0 aliphatic carbocycles. The van der Waals surface area contributed by atoms with Crippen molar-refractivity contribution in [3.05, 3.63) is 46.5 Å². The first-order chi connectivity index (χ1) is 11.0. The molecule has 1 N–H and O–H groups in total. The summed E-state index contributed by atoms with van der Waals surface area (Å²) in [5.74, 6) is 0.866. The number of aromatic nitrogens is 1. The second kappa shape index (κ2) is 9.83. The number of hydrogen-bond donors (Lipinski definition) is 1. The van der Waals surface area contributed by atoms with Gasteiger partial charge in [0.25, 0.3) is 0 Å². The number of anilines is 1. The van der Waals surface area contributed by atoms with Gasteiger partial charge in [0.2, 0.25) is 0 Å². The summed E-state index contributed by atoms with van der Waals surface area (Å²) in [7, 11) is 7.86. The van der Waals surface area contributed by atoms with Crippen LogP contribution >= 0.6 is 35.3 Å². The number of rotatable bonds is 5. The quantitative estimate of drug-likeness (QED) is 0.423. The summed E-state index contributed by atoms with van der Waals surface area (Å²) in [5, 5.41) is 6.47. The minimum atomic E-state index is 0. The third-order valence-corrected chi connectivity index (χ3v) is 4.52. The second-order valence-corrected chi connectivity index (χ2v) is 6.59. The van der Waals surface area contributed by atoms with E-state index in [4.69, 9.17) is 0 Å². The molecule has 0 bridgehead atoms. The van der Waals surface area contributed by atoms with Gasteiger partial charge in [-0.3, -0.25) is 4.99 Å². The molecule has 0 radical (unpaired) electrons. The Bertz CT molecular complexity index is 651. The molecule has 132 valence electrons. The van der Waals surface area contributed by atoms with Crippen molar-refractivity contribution >= 4 is 46.4 Å². The highest BCUT2D eigenvalue weighted by atomic mass is 127. The number of nitrogens with zero attached hydrogens (tertiary/aromatic N) is 4. The minimum absolute atomic E-state index is 0. The molecule has 0 saturated carbocycles. The number of benzene rings is 1. The van der Waals surface area contributed by atoms with Crippen molar-refractivity contribution in [2.45, 2.75) is 20.0 Å². The van der Waals surface area contributed by atoms with Gasteiger partial charge in [-0.25, -0.2) is 4.98 Å². The normalized spacial score (nSPS) is 11.0. The van der Waals surface area contributed by atoms with Crippen LogP contribution in [-0.2, 0) is 13.1 Å². The van der Waals surface area contributed by atoms with Crippen molar-refractivity contribution in [1.29, 1.82) is 0 Å². The first-order valence-corrected chi connectivity index (χ1v) is 8.46. The zero-order valence-electron chi connectivity index (χ0n) is 14.9. The lowest BCUT2D eigenvalue weighted by atomic mass is 10.1. The standard InChI is InChI=1S/C17H25N5S.HI/c1-13-6-8-14(9-7-13)11-22(5)16(18-2)19-10-15-12-23-17(20-15)21(3)4;/h6-9,12H,10-11H2,1-5H3,(H,18,19);1H. The van der Waals surface area contributed by atoms with E-state index in [2.05, 4.69) is 56.8 Å². The molecule has 7 heteroatoms. The van der Waals surface area contributed by atoms with Crippen LogP contribution in [0.5, 0.6) is 0 Å². The monoisotopic (exact) mass is 459 g/mol. The number of nitrogens with one attached hydrogen (secondary N) is 1. The Balaban J connectivity index is 0.00000288. The average molecular weight is 459 g/mol. The lowest BCUT2D eigenvalue weighted by molar-refractivity contribution is 0.476. The predicted molar refractivity (Wildman–Crippen MR) is 115 cm³/mol. The van der Waals surface area contributed by atoms with Crippen molar-refractivity contribution in [1.82, 2.24) is 15.2 Å². The Kier molecular flexibility index (Phi) is 8.47.